The first-order valence-electron chi connectivity index (χ1n) is 6.18. The molecule has 0 amide bonds. The Kier molecular flexibility index (Phi) is 3.92. The molecule has 1 fully saturated rings. The van der Waals surface area contributed by atoms with Crippen LogP contribution in [0.15, 0.2) is 0 Å². The Bertz CT molecular complexity index is 337. The quantitative estimate of drug-likeness (QED) is 0.881. The van der Waals surface area contributed by atoms with E-state index in [1.54, 1.807) is 11.5 Å². The lowest BCUT2D eigenvalue weighted by atomic mass is 9.78. The predicted molar refractivity (Wildman–Crippen MR) is 67.6 cm³/mol. The summed E-state index contributed by atoms with van der Waals surface area (Å²) in [6, 6.07) is 0.461. The van der Waals surface area contributed by atoms with E-state index in [1.807, 2.05) is 0 Å². The van der Waals surface area contributed by atoms with Crippen molar-refractivity contribution in [2.24, 2.45) is 11.8 Å². The van der Waals surface area contributed by atoms with E-state index in [-0.39, 0.29) is 0 Å². The number of aromatic nitrogens is 2. The van der Waals surface area contributed by atoms with E-state index < -0.39 is 0 Å². The molecule has 0 radical (unpaired) electrons. The molecule has 1 saturated carbocycles. The minimum absolute atomic E-state index is 0.461. The van der Waals surface area contributed by atoms with Crippen molar-refractivity contribution in [3.05, 3.63) is 10.6 Å². The largest absolute Gasteiger partial charge is 0.312 e. The van der Waals surface area contributed by atoms with E-state index >= 15 is 0 Å². The van der Waals surface area contributed by atoms with Crippen molar-refractivity contribution in [2.45, 2.75) is 45.6 Å². The standard InChI is InChI=1S/C12H21N3S/c1-8-5-4-6-10(7-8)11(13-3)12-9(2)14-15-16-12/h8,10-11,13H,4-7H2,1-3H3. The van der Waals surface area contributed by atoms with Gasteiger partial charge in [0, 0.05) is 6.04 Å². The SMILES string of the molecule is CNC(c1snnc1C)C1CCCC(C)C1. The summed E-state index contributed by atoms with van der Waals surface area (Å²) in [5, 5.41) is 7.59. The van der Waals surface area contributed by atoms with Gasteiger partial charge in [0.25, 0.3) is 0 Å². The van der Waals surface area contributed by atoms with Crippen molar-refractivity contribution < 1.29 is 0 Å². The van der Waals surface area contributed by atoms with Gasteiger partial charge >= 0.3 is 0 Å². The zero-order valence-corrected chi connectivity index (χ0v) is 11.2. The van der Waals surface area contributed by atoms with Crippen molar-refractivity contribution in [1.29, 1.82) is 0 Å². The molecule has 1 N–H and O–H groups in total. The van der Waals surface area contributed by atoms with E-state index in [9.17, 15) is 0 Å². The smallest absolute Gasteiger partial charge is 0.0772 e. The van der Waals surface area contributed by atoms with Crippen molar-refractivity contribution in [1.82, 2.24) is 14.9 Å². The third kappa shape index (κ3) is 2.43. The zero-order chi connectivity index (χ0) is 11.5. The molecule has 1 heterocycles. The third-order valence-corrected chi connectivity index (χ3v) is 4.64. The molecule has 1 aliphatic rings. The van der Waals surface area contributed by atoms with Crippen molar-refractivity contribution in [3.63, 3.8) is 0 Å². The Morgan fingerprint density at radius 1 is 1.44 bits per heavy atom. The number of nitrogens with one attached hydrogen (secondary N) is 1. The molecule has 0 bridgehead atoms. The molecule has 1 aliphatic carbocycles. The van der Waals surface area contributed by atoms with Gasteiger partial charge in [0.05, 0.1) is 10.6 Å². The summed E-state index contributed by atoms with van der Waals surface area (Å²) < 4.78 is 4.06. The number of hydrogen-bond acceptors (Lipinski definition) is 4. The highest BCUT2D eigenvalue weighted by Gasteiger charge is 2.29. The molecule has 90 valence electrons. The highest BCUT2D eigenvalue weighted by molar-refractivity contribution is 7.05. The first kappa shape index (κ1) is 12.0. The van der Waals surface area contributed by atoms with Crippen molar-refractivity contribution in [3.8, 4) is 0 Å². The maximum atomic E-state index is 4.13. The minimum atomic E-state index is 0.461. The Labute approximate surface area is 102 Å². The van der Waals surface area contributed by atoms with Gasteiger partial charge < -0.3 is 5.32 Å². The number of nitrogens with zero attached hydrogens (tertiary/aromatic N) is 2. The van der Waals surface area contributed by atoms with Crippen LogP contribution in [0.3, 0.4) is 0 Å². The normalized spacial score (nSPS) is 27.9. The van der Waals surface area contributed by atoms with Crippen LogP contribution in [0.5, 0.6) is 0 Å². The Balaban J connectivity index is 2.13. The van der Waals surface area contributed by atoms with Crippen LogP contribution < -0.4 is 5.32 Å². The molecule has 16 heavy (non-hydrogen) atoms. The van der Waals surface area contributed by atoms with Gasteiger partial charge in [-0.2, -0.15) is 0 Å². The molecule has 3 atom stereocenters. The monoisotopic (exact) mass is 239 g/mol. The first-order valence-corrected chi connectivity index (χ1v) is 6.95. The van der Waals surface area contributed by atoms with Crippen LogP contribution in [0.4, 0.5) is 0 Å². The van der Waals surface area contributed by atoms with Gasteiger partial charge in [0.2, 0.25) is 0 Å². The molecule has 4 heteroatoms. The molecule has 0 spiro atoms. The molecular formula is C12H21N3S. The molecule has 0 saturated heterocycles. The van der Waals surface area contributed by atoms with Crippen molar-refractivity contribution >= 4 is 11.5 Å². The van der Waals surface area contributed by atoms with Gasteiger partial charge in [-0.05, 0) is 50.2 Å². The van der Waals surface area contributed by atoms with Gasteiger partial charge in [0.15, 0.2) is 0 Å². The van der Waals surface area contributed by atoms with Gasteiger partial charge in [-0.15, -0.1) is 5.10 Å². The van der Waals surface area contributed by atoms with Crippen LogP contribution >= 0.6 is 11.5 Å². The lowest BCUT2D eigenvalue weighted by molar-refractivity contribution is 0.231. The average molecular weight is 239 g/mol. The zero-order valence-electron chi connectivity index (χ0n) is 10.4. The molecule has 2 rings (SSSR count). The number of hydrogen-bond donors (Lipinski definition) is 1. The third-order valence-electron chi connectivity index (χ3n) is 3.73. The molecule has 1 aromatic heterocycles. The summed E-state index contributed by atoms with van der Waals surface area (Å²) in [4.78, 5) is 1.33. The second-order valence-corrected chi connectivity index (χ2v) is 5.81. The second-order valence-electron chi connectivity index (χ2n) is 5.02. The summed E-state index contributed by atoms with van der Waals surface area (Å²) in [6.45, 7) is 4.44. The van der Waals surface area contributed by atoms with E-state index in [0.29, 0.717) is 6.04 Å². The molecule has 3 unspecified atom stereocenters. The molecular weight excluding hydrogens is 218 g/mol. The van der Waals surface area contributed by atoms with Crippen LogP contribution in [-0.4, -0.2) is 16.6 Å². The minimum Gasteiger partial charge on any atom is -0.312 e. The lowest BCUT2D eigenvalue weighted by Crippen LogP contribution is -2.28. The fraction of sp³-hybridized carbons (Fsp3) is 0.833. The average Bonchev–Trinajstić information content (AvgIpc) is 2.67. The van der Waals surface area contributed by atoms with Gasteiger partial charge in [-0.1, -0.05) is 24.3 Å². The second kappa shape index (κ2) is 5.23. The lowest BCUT2D eigenvalue weighted by Gasteiger charge is -2.32. The van der Waals surface area contributed by atoms with E-state index in [2.05, 4.69) is 35.8 Å². The fourth-order valence-corrected chi connectivity index (χ4v) is 3.74. The highest BCUT2D eigenvalue weighted by Crippen LogP contribution is 2.38. The van der Waals surface area contributed by atoms with Gasteiger partial charge in [-0.25, -0.2) is 0 Å². The maximum Gasteiger partial charge on any atom is 0.0772 e. The van der Waals surface area contributed by atoms with Crippen molar-refractivity contribution in [2.75, 3.05) is 7.05 Å². The predicted octanol–water partition coefficient (Wildman–Crippen LogP) is 2.93. The topological polar surface area (TPSA) is 37.8 Å². The Morgan fingerprint density at radius 2 is 2.25 bits per heavy atom. The first-order chi connectivity index (χ1) is 7.72. The summed E-state index contributed by atoms with van der Waals surface area (Å²) in [7, 11) is 2.06. The van der Waals surface area contributed by atoms with Crippen LogP contribution in [0.1, 0.15) is 49.2 Å². The van der Waals surface area contributed by atoms with E-state index in [4.69, 9.17) is 0 Å². The molecule has 0 aromatic carbocycles. The molecule has 3 nitrogen and oxygen atoms in total. The Morgan fingerprint density at radius 3 is 2.81 bits per heavy atom. The van der Waals surface area contributed by atoms with Crippen LogP contribution in [0.25, 0.3) is 0 Å². The van der Waals surface area contributed by atoms with Gasteiger partial charge in [-0.3, -0.25) is 0 Å². The molecule has 1 aromatic rings. The summed E-state index contributed by atoms with van der Waals surface area (Å²) in [5.74, 6) is 1.63. The van der Waals surface area contributed by atoms with E-state index in [1.165, 1.54) is 30.6 Å². The van der Waals surface area contributed by atoms with Crippen LogP contribution in [-0.2, 0) is 0 Å². The highest BCUT2D eigenvalue weighted by atomic mass is 32.1. The number of rotatable bonds is 3. The summed E-state index contributed by atoms with van der Waals surface area (Å²) >= 11 is 1.55. The summed E-state index contributed by atoms with van der Waals surface area (Å²) in [5.41, 5.74) is 1.10. The van der Waals surface area contributed by atoms with Gasteiger partial charge in [0.1, 0.15) is 0 Å². The van der Waals surface area contributed by atoms with E-state index in [0.717, 1.165) is 17.5 Å². The van der Waals surface area contributed by atoms with Crippen LogP contribution in [0, 0.1) is 18.8 Å². The fourth-order valence-electron chi connectivity index (χ4n) is 2.89. The maximum absolute atomic E-state index is 4.13. The Hall–Kier alpha value is -0.480. The molecule has 0 aliphatic heterocycles. The number of aryl methyl sites for hydroxylation is 1. The summed E-state index contributed by atoms with van der Waals surface area (Å²) in [6.07, 6.45) is 5.44. The van der Waals surface area contributed by atoms with Crippen LogP contribution in [0.2, 0.25) is 0 Å².